The van der Waals surface area contributed by atoms with Crippen molar-refractivity contribution in [2.24, 2.45) is 5.41 Å². The summed E-state index contributed by atoms with van der Waals surface area (Å²) < 4.78 is 9.64. The van der Waals surface area contributed by atoms with Gasteiger partial charge in [-0.3, -0.25) is 4.79 Å². The summed E-state index contributed by atoms with van der Waals surface area (Å²) in [5.74, 6) is -0.116. The van der Waals surface area contributed by atoms with E-state index in [4.69, 9.17) is 4.74 Å². The van der Waals surface area contributed by atoms with Crippen LogP contribution in [0.4, 0.5) is 0 Å². The van der Waals surface area contributed by atoms with E-state index in [1.165, 1.54) is 11.5 Å². The number of nitrogens with zero attached hydrogens (tertiary/aromatic N) is 1. The molecular weight excluding hydrogens is 250 g/mol. The molecule has 5 heteroatoms. The van der Waals surface area contributed by atoms with Gasteiger partial charge in [0.2, 0.25) is 5.88 Å². The van der Waals surface area contributed by atoms with Crippen molar-refractivity contribution in [3.63, 3.8) is 0 Å². The maximum Gasteiger partial charge on any atom is 0.310 e. The number of carboxylic acids is 1. The van der Waals surface area contributed by atoms with Crippen molar-refractivity contribution in [1.82, 2.24) is 4.37 Å². The summed E-state index contributed by atoms with van der Waals surface area (Å²) >= 11 is 1.39. The van der Waals surface area contributed by atoms with Gasteiger partial charge in [0.25, 0.3) is 0 Å². The van der Waals surface area contributed by atoms with E-state index in [1.807, 2.05) is 25.1 Å². The maximum absolute atomic E-state index is 11.4. The van der Waals surface area contributed by atoms with E-state index < -0.39 is 11.4 Å². The molecule has 98 valence electrons. The van der Waals surface area contributed by atoms with Crippen LogP contribution in [0.1, 0.15) is 30.6 Å². The summed E-state index contributed by atoms with van der Waals surface area (Å²) in [6.45, 7) is 2.37. The number of rotatable bonds is 5. The summed E-state index contributed by atoms with van der Waals surface area (Å²) in [6, 6.07) is 1.87. The summed E-state index contributed by atoms with van der Waals surface area (Å²) in [6.07, 6.45) is 6.67. The van der Waals surface area contributed by atoms with Gasteiger partial charge in [-0.15, -0.1) is 0 Å². The molecule has 0 aromatic carbocycles. The lowest BCUT2D eigenvalue weighted by Crippen LogP contribution is -2.33. The Bertz CT molecular complexity index is 455. The van der Waals surface area contributed by atoms with E-state index in [2.05, 4.69) is 4.37 Å². The van der Waals surface area contributed by atoms with Crippen molar-refractivity contribution in [2.75, 3.05) is 6.61 Å². The standard InChI is InChI=1S/C13H17NO3S/c1-10-9-11(14-18-10)17-8-7-13(12(15)16)5-3-2-4-6-13/h2-3,9H,4-8H2,1H3,(H,15,16). The average Bonchev–Trinajstić information content (AvgIpc) is 2.76. The van der Waals surface area contributed by atoms with E-state index in [0.717, 1.165) is 11.3 Å². The molecular formula is C13H17NO3S. The second-order valence-corrected chi connectivity index (χ2v) is 5.68. The first-order valence-electron chi connectivity index (χ1n) is 6.07. The molecule has 0 fully saturated rings. The first-order valence-corrected chi connectivity index (χ1v) is 6.84. The molecule has 1 unspecified atom stereocenters. The van der Waals surface area contributed by atoms with Gasteiger partial charge in [-0.05, 0) is 44.1 Å². The minimum atomic E-state index is -0.718. The maximum atomic E-state index is 11.4. The van der Waals surface area contributed by atoms with E-state index in [0.29, 0.717) is 31.7 Å². The number of aromatic nitrogens is 1. The molecule has 0 spiro atoms. The van der Waals surface area contributed by atoms with Gasteiger partial charge in [-0.1, -0.05) is 12.2 Å². The Hall–Kier alpha value is -1.36. The molecule has 1 N–H and O–H groups in total. The lowest BCUT2D eigenvalue weighted by atomic mass is 9.75. The van der Waals surface area contributed by atoms with Crippen molar-refractivity contribution in [3.8, 4) is 5.88 Å². The van der Waals surface area contributed by atoms with Gasteiger partial charge in [0.05, 0.1) is 12.0 Å². The first-order chi connectivity index (χ1) is 8.62. The van der Waals surface area contributed by atoms with Crippen molar-refractivity contribution in [3.05, 3.63) is 23.1 Å². The van der Waals surface area contributed by atoms with E-state index in [1.54, 1.807) is 0 Å². The van der Waals surface area contributed by atoms with Crippen molar-refractivity contribution < 1.29 is 14.6 Å². The third-order valence-electron chi connectivity index (χ3n) is 3.36. The van der Waals surface area contributed by atoms with Crippen LogP contribution in [-0.2, 0) is 4.79 Å². The van der Waals surface area contributed by atoms with Crippen LogP contribution in [0.5, 0.6) is 5.88 Å². The van der Waals surface area contributed by atoms with E-state index in [9.17, 15) is 9.90 Å². The molecule has 0 radical (unpaired) electrons. The molecule has 0 bridgehead atoms. The molecule has 1 aromatic rings. The Labute approximate surface area is 110 Å². The van der Waals surface area contributed by atoms with Crippen LogP contribution in [0.3, 0.4) is 0 Å². The highest BCUT2D eigenvalue weighted by molar-refractivity contribution is 7.05. The van der Waals surface area contributed by atoms with Crippen LogP contribution < -0.4 is 4.74 Å². The predicted molar refractivity (Wildman–Crippen MR) is 70.0 cm³/mol. The van der Waals surface area contributed by atoms with E-state index in [-0.39, 0.29) is 0 Å². The zero-order chi connectivity index (χ0) is 13.0. The Morgan fingerprint density at radius 3 is 3.00 bits per heavy atom. The largest absolute Gasteiger partial charge is 0.481 e. The van der Waals surface area contributed by atoms with Crippen LogP contribution in [0.15, 0.2) is 18.2 Å². The summed E-state index contributed by atoms with van der Waals surface area (Å²) in [4.78, 5) is 12.5. The molecule has 1 heterocycles. The smallest absolute Gasteiger partial charge is 0.310 e. The molecule has 1 atom stereocenters. The molecule has 1 aliphatic rings. The number of aliphatic carboxylic acids is 1. The fourth-order valence-electron chi connectivity index (χ4n) is 2.18. The van der Waals surface area contributed by atoms with Crippen LogP contribution >= 0.6 is 11.5 Å². The molecule has 4 nitrogen and oxygen atoms in total. The highest BCUT2D eigenvalue weighted by Crippen LogP contribution is 2.36. The third-order valence-corrected chi connectivity index (χ3v) is 4.03. The molecule has 18 heavy (non-hydrogen) atoms. The molecule has 1 aliphatic carbocycles. The number of ether oxygens (including phenoxy) is 1. The Morgan fingerprint density at radius 1 is 1.61 bits per heavy atom. The van der Waals surface area contributed by atoms with Crippen LogP contribution in [0.2, 0.25) is 0 Å². The van der Waals surface area contributed by atoms with Crippen molar-refractivity contribution in [2.45, 2.75) is 32.6 Å². The van der Waals surface area contributed by atoms with Gasteiger partial charge in [-0.25, -0.2) is 0 Å². The number of carbonyl (C=O) groups is 1. The SMILES string of the molecule is Cc1cc(OCCC2(C(=O)O)CC=CCC2)ns1. The lowest BCUT2D eigenvalue weighted by molar-refractivity contribution is -0.150. The average molecular weight is 267 g/mol. The van der Waals surface area contributed by atoms with Gasteiger partial charge < -0.3 is 9.84 Å². The lowest BCUT2D eigenvalue weighted by Gasteiger charge is -2.30. The molecule has 2 rings (SSSR count). The molecule has 0 amide bonds. The van der Waals surface area contributed by atoms with E-state index >= 15 is 0 Å². The normalized spacial score (nSPS) is 22.9. The molecule has 1 aromatic heterocycles. The van der Waals surface area contributed by atoms with Gasteiger partial charge in [0.1, 0.15) is 0 Å². The second-order valence-electron chi connectivity index (χ2n) is 4.67. The Kier molecular flexibility index (Phi) is 4.01. The number of allylic oxidation sites excluding steroid dienone is 2. The molecule has 0 saturated heterocycles. The minimum Gasteiger partial charge on any atom is -0.481 e. The van der Waals surface area contributed by atoms with Crippen molar-refractivity contribution >= 4 is 17.5 Å². The number of hydrogen-bond donors (Lipinski definition) is 1. The predicted octanol–water partition coefficient (Wildman–Crippen LogP) is 3.03. The Morgan fingerprint density at radius 2 is 2.44 bits per heavy atom. The zero-order valence-corrected chi connectivity index (χ0v) is 11.2. The second kappa shape index (κ2) is 5.52. The fourth-order valence-corrected chi connectivity index (χ4v) is 2.67. The number of hydrogen-bond acceptors (Lipinski definition) is 4. The topological polar surface area (TPSA) is 59.4 Å². The highest BCUT2D eigenvalue weighted by atomic mass is 32.1. The summed E-state index contributed by atoms with van der Waals surface area (Å²) in [5, 5.41) is 9.39. The van der Waals surface area contributed by atoms with Crippen molar-refractivity contribution in [1.29, 1.82) is 0 Å². The molecule has 0 saturated carbocycles. The van der Waals surface area contributed by atoms with Gasteiger partial charge in [0.15, 0.2) is 0 Å². The number of aryl methyl sites for hydroxylation is 1. The van der Waals surface area contributed by atoms with Crippen LogP contribution in [-0.4, -0.2) is 22.1 Å². The minimum absolute atomic E-state index is 0.406. The summed E-state index contributed by atoms with van der Waals surface area (Å²) in [7, 11) is 0. The molecule has 0 aliphatic heterocycles. The van der Waals surface area contributed by atoms with Gasteiger partial charge in [0, 0.05) is 10.9 Å². The zero-order valence-electron chi connectivity index (χ0n) is 10.4. The monoisotopic (exact) mass is 267 g/mol. The Balaban J connectivity index is 1.90. The third kappa shape index (κ3) is 2.90. The fraction of sp³-hybridized carbons (Fsp3) is 0.538. The van der Waals surface area contributed by atoms with Crippen LogP contribution in [0.25, 0.3) is 0 Å². The first kappa shape index (κ1) is 13.1. The van der Waals surface area contributed by atoms with Gasteiger partial charge in [-0.2, -0.15) is 4.37 Å². The quantitative estimate of drug-likeness (QED) is 0.833. The number of carboxylic acid groups (broad SMARTS) is 1. The van der Waals surface area contributed by atoms with Gasteiger partial charge >= 0.3 is 5.97 Å². The summed E-state index contributed by atoms with van der Waals surface area (Å²) in [5.41, 5.74) is -0.653. The highest BCUT2D eigenvalue weighted by Gasteiger charge is 2.37. The van der Waals surface area contributed by atoms with Crippen LogP contribution in [0, 0.1) is 12.3 Å².